The summed E-state index contributed by atoms with van der Waals surface area (Å²) in [5.74, 6) is -0.499. The highest BCUT2D eigenvalue weighted by Crippen LogP contribution is 2.37. The van der Waals surface area contributed by atoms with Crippen LogP contribution in [0.25, 0.3) is 0 Å². The highest BCUT2D eigenvalue weighted by Gasteiger charge is 2.23. The highest BCUT2D eigenvalue weighted by atomic mass is 79.9. The number of hydrogen-bond acceptors (Lipinski definition) is 3. The lowest BCUT2D eigenvalue weighted by molar-refractivity contribution is -0.138. The number of hydrogen-bond donors (Lipinski definition) is 1. The first-order valence-electron chi connectivity index (χ1n) is 5.30. The molecule has 1 rings (SSSR count). The molecular weight excluding hydrogens is 300 g/mol. The van der Waals surface area contributed by atoms with Crippen molar-refractivity contribution in [2.24, 2.45) is 0 Å². The summed E-state index contributed by atoms with van der Waals surface area (Å²) in [6.45, 7) is 3.58. The molecule has 0 aliphatic heterocycles. The van der Waals surface area contributed by atoms with Crippen molar-refractivity contribution in [3.63, 3.8) is 0 Å². The molecule has 0 aliphatic rings. The monoisotopic (exact) mass is 314 g/mol. The SMILES string of the molecule is C=CCC(C(=O)O)c1cc(OC)c(OC)cc1Br. The fourth-order valence-corrected chi connectivity index (χ4v) is 2.26. The number of carboxylic acid groups (broad SMARTS) is 1. The average molecular weight is 315 g/mol. The van der Waals surface area contributed by atoms with Crippen molar-refractivity contribution < 1.29 is 19.4 Å². The van der Waals surface area contributed by atoms with E-state index in [1.807, 2.05) is 0 Å². The first kappa shape index (κ1) is 14.6. The Hall–Kier alpha value is -1.49. The third-order valence-electron chi connectivity index (χ3n) is 2.58. The number of halogens is 1. The fourth-order valence-electron chi connectivity index (χ4n) is 1.66. The molecule has 1 aromatic carbocycles. The van der Waals surface area contributed by atoms with Gasteiger partial charge >= 0.3 is 5.97 Å². The molecule has 0 amide bonds. The Morgan fingerprint density at radius 2 is 2.00 bits per heavy atom. The van der Waals surface area contributed by atoms with Gasteiger partial charge in [-0.05, 0) is 24.1 Å². The van der Waals surface area contributed by atoms with E-state index in [9.17, 15) is 9.90 Å². The van der Waals surface area contributed by atoms with Crippen LogP contribution in [-0.2, 0) is 4.79 Å². The fraction of sp³-hybridized carbons (Fsp3) is 0.308. The predicted octanol–water partition coefficient (Wildman–Crippen LogP) is 3.21. The normalized spacial score (nSPS) is 11.7. The molecule has 0 aliphatic carbocycles. The topological polar surface area (TPSA) is 55.8 Å². The minimum absolute atomic E-state index is 0.351. The van der Waals surface area contributed by atoms with Crippen molar-refractivity contribution in [2.75, 3.05) is 14.2 Å². The molecule has 1 atom stereocenters. The summed E-state index contributed by atoms with van der Waals surface area (Å²) in [4.78, 5) is 11.3. The molecule has 0 saturated carbocycles. The molecular formula is C13H15BrO4. The van der Waals surface area contributed by atoms with Crippen molar-refractivity contribution >= 4 is 21.9 Å². The van der Waals surface area contributed by atoms with E-state index in [2.05, 4.69) is 22.5 Å². The summed E-state index contributed by atoms with van der Waals surface area (Å²) in [7, 11) is 3.04. The Kier molecular flexibility index (Phi) is 5.22. The zero-order valence-electron chi connectivity index (χ0n) is 10.3. The van der Waals surface area contributed by atoms with Crippen LogP contribution in [0.15, 0.2) is 29.3 Å². The van der Waals surface area contributed by atoms with Crippen LogP contribution in [0, 0.1) is 0 Å². The van der Waals surface area contributed by atoms with Crippen molar-refractivity contribution in [3.05, 3.63) is 34.8 Å². The Labute approximate surface area is 114 Å². The van der Waals surface area contributed by atoms with Crippen molar-refractivity contribution in [1.82, 2.24) is 0 Å². The van der Waals surface area contributed by atoms with Gasteiger partial charge in [-0.15, -0.1) is 6.58 Å². The lowest BCUT2D eigenvalue weighted by Gasteiger charge is -2.16. The Morgan fingerprint density at radius 3 is 2.44 bits per heavy atom. The molecule has 0 saturated heterocycles. The molecule has 1 unspecified atom stereocenters. The summed E-state index contributed by atoms with van der Waals surface area (Å²) >= 11 is 3.36. The van der Waals surface area contributed by atoms with Crippen molar-refractivity contribution in [1.29, 1.82) is 0 Å². The van der Waals surface area contributed by atoms with Gasteiger partial charge in [-0.2, -0.15) is 0 Å². The highest BCUT2D eigenvalue weighted by molar-refractivity contribution is 9.10. The van der Waals surface area contributed by atoms with E-state index in [-0.39, 0.29) is 0 Å². The molecule has 1 N–H and O–H groups in total. The van der Waals surface area contributed by atoms with Gasteiger partial charge in [0.2, 0.25) is 0 Å². The second-order valence-electron chi connectivity index (χ2n) is 3.64. The van der Waals surface area contributed by atoms with Crippen LogP contribution in [0.5, 0.6) is 11.5 Å². The van der Waals surface area contributed by atoms with Gasteiger partial charge in [0.15, 0.2) is 11.5 Å². The van der Waals surface area contributed by atoms with Gasteiger partial charge in [0.25, 0.3) is 0 Å². The Bertz CT molecular complexity index is 457. The second kappa shape index (κ2) is 6.44. The number of rotatable bonds is 6. The number of methoxy groups -OCH3 is 2. The molecule has 0 aromatic heterocycles. The molecule has 0 spiro atoms. The lowest BCUT2D eigenvalue weighted by atomic mass is 9.95. The molecule has 4 nitrogen and oxygen atoms in total. The van der Waals surface area contributed by atoms with E-state index in [4.69, 9.17) is 9.47 Å². The molecule has 0 bridgehead atoms. The largest absolute Gasteiger partial charge is 0.493 e. The number of carboxylic acids is 1. The molecule has 0 radical (unpaired) electrons. The van der Waals surface area contributed by atoms with Crippen molar-refractivity contribution in [2.45, 2.75) is 12.3 Å². The quantitative estimate of drug-likeness (QED) is 0.819. The number of benzene rings is 1. The van der Waals surface area contributed by atoms with Crippen LogP contribution in [0.3, 0.4) is 0 Å². The maximum atomic E-state index is 11.3. The molecule has 0 heterocycles. The maximum Gasteiger partial charge on any atom is 0.311 e. The first-order chi connectivity index (χ1) is 8.54. The first-order valence-corrected chi connectivity index (χ1v) is 6.09. The van der Waals surface area contributed by atoms with Gasteiger partial charge in [-0.25, -0.2) is 0 Å². The van der Waals surface area contributed by atoms with Gasteiger partial charge in [0, 0.05) is 4.47 Å². The predicted molar refractivity (Wildman–Crippen MR) is 72.4 cm³/mol. The Morgan fingerprint density at radius 1 is 1.44 bits per heavy atom. The summed E-state index contributed by atoms with van der Waals surface area (Å²) < 4.78 is 11.0. The van der Waals surface area contributed by atoms with Gasteiger partial charge in [0.05, 0.1) is 20.1 Å². The minimum Gasteiger partial charge on any atom is -0.493 e. The molecule has 5 heteroatoms. The van der Waals surface area contributed by atoms with E-state index >= 15 is 0 Å². The van der Waals surface area contributed by atoms with E-state index in [1.54, 1.807) is 18.2 Å². The van der Waals surface area contributed by atoms with Crippen LogP contribution in [0.2, 0.25) is 0 Å². The number of carbonyl (C=O) groups is 1. The number of aliphatic carboxylic acids is 1. The summed E-state index contributed by atoms with van der Waals surface area (Å²) in [5.41, 5.74) is 0.639. The number of allylic oxidation sites excluding steroid dienone is 1. The van der Waals surface area contributed by atoms with Crippen LogP contribution in [0.4, 0.5) is 0 Å². The molecule has 1 aromatic rings. The third-order valence-corrected chi connectivity index (χ3v) is 3.27. The van der Waals surface area contributed by atoms with Crippen LogP contribution in [-0.4, -0.2) is 25.3 Å². The zero-order chi connectivity index (χ0) is 13.7. The van der Waals surface area contributed by atoms with Crippen LogP contribution in [0.1, 0.15) is 17.9 Å². The zero-order valence-corrected chi connectivity index (χ0v) is 11.9. The summed E-state index contributed by atoms with van der Waals surface area (Å²) in [5, 5.41) is 9.23. The smallest absolute Gasteiger partial charge is 0.311 e. The maximum absolute atomic E-state index is 11.3. The van der Waals surface area contributed by atoms with Crippen LogP contribution < -0.4 is 9.47 Å². The molecule has 98 valence electrons. The number of ether oxygens (including phenoxy) is 2. The van der Waals surface area contributed by atoms with Crippen molar-refractivity contribution in [3.8, 4) is 11.5 Å². The second-order valence-corrected chi connectivity index (χ2v) is 4.50. The molecule has 18 heavy (non-hydrogen) atoms. The lowest BCUT2D eigenvalue weighted by Crippen LogP contribution is -2.11. The Balaban J connectivity index is 3.29. The van der Waals surface area contributed by atoms with E-state index in [1.165, 1.54) is 14.2 Å². The summed E-state index contributed by atoms with van der Waals surface area (Å²) in [6.07, 6.45) is 1.94. The molecule has 0 fully saturated rings. The van der Waals surface area contributed by atoms with E-state index < -0.39 is 11.9 Å². The minimum atomic E-state index is -0.900. The van der Waals surface area contributed by atoms with Crippen LogP contribution >= 0.6 is 15.9 Å². The average Bonchev–Trinajstić information content (AvgIpc) is 2.35. The van der Waals surface area contributed by atoms with Gasteiger partial charge in [-0.3, -0.25) is 4.79 Å². The third kappa shape index (κ3) is 3.04. The van der Waals surface area contributed by atoms with Gasteiger partial charge in [-0.1, -0.05) is 22.0 Å². The van der Waals surface area contributed by atoms with E-state index in [0.717, 1.165) is 0 Å². The van der Waals surface area contributed by atoms with Gasteiger partial charge in [0.1, 0.15) is 0 Å². The summed E-state index contributed by atoms with van der Waals surface area (Å²) in [6, 6.07) is 3.37. The standard InChI is InChI=1S/C13H15BrO4/c1-4-5-8(13(15)16)9-6-11(17-2)12(18-3)7-10(9)14/h4,6-8H,1,5H2,2-3H3,(H,15,16). The van der Waals surface area contributed by atoms with Gasteiger partial charge < -0.3 is 14.6 Å². The van der Waals surface area contributed by atoms with E-state index in [0.29, 0.717) is 28.0 Å².